The van der Waals surface area contributed by atoms with Crippen LogP contribution < -0.4 is 5.73 Å². The van der Waals surface area contributed by atoms with Crippen LogP contribution in [0, 0.1) is 5.92 Å². The van der Waals surface area contributed by atoms with Gasteiger partial charge < -0.3 is 19.9 Å². The first kappa shape index (κ1) is 32.3. The van der Waals surface area contributed by atoms with Crippen molar-refractivity contribution in [1.82, 2.24) is 19.5 Å². The number of methoxy groups -OCH3 is 1. The number of hydrogen-bond acceptors (Lipinski definition) is 14. The van der Waals surface area contributed by atoms with Gasteiger partial charge in [-0.3, -0.25) is 17.7 Å². The van der Waals surface area contributed by atoms with Crippen molar-refractivity contribution >= 4 is 66.5 Å². The molecule has 230 valence electrons. The third kappa shape index (κ3) is 7.65. The van der Waals surface area contributed by atoms with E-state index in [1.165, 1.54) is 18.0 Å². The molecule has 0 spiro atoms. The zero-order valence-electron chi connectivity index (χ0n) is 22.5. The molecule has 0 unspecified atom stereocenters. The molecule has 1 aliphatic rings. The molecule has 15 nitrogen and oxygen atoms in total. The molecule has 0 amide bonds. The zero-order chi connectivity index (χ0) is 30.9. The van der Waals surface area contributed by atoms with Gasteiger partial charge in [-0.2, -0.15) is 26.8 Å². The summed E-state index contributed by atoms with van der Waals surface area (Å²) < 4.78 is 77.6. The lowest BCUT2D eigenvalue weighted by molar-refractivity contribution is -0.153. The van der Waals surface area contributed by atoms with Crippen molar-refractivity contribution < 1.29 is 44.2 Å². The normalized spacial score (nSPS) is 20.6. The SMILES string of the molecule is COC(=O)C[C@H]1[C@H](n2cnc3c(Cl)nc(N)nc32)OC(COS(C)(=O)=O)(COS(C)(=O)=O)[C@H]1OCc1ccc(Cl)cc1. The highest BCUT2D eigenvalue weighted by atomic mass is 35.5. The van der Waals surface area contributed by atoms with Gasteiger partial charge in [-0.15, -0.1) is 0 Å². The average Bonchev–Trinajstić information content (AvgIpc) is 3.44. The number of rotatable bonds is 12. The predicted octanol–water partition coefficient (Wildman–Crippen LogP) is 1.70. The van der Waals surface area contributed by atoms with Gasteiger partial charge in [-0.1, -0.05) is 35.3 Å². The molecule has 1 aliphatic heterocycles. The number of hydrogen-bond donors (Lipinski definition) is 1. The van der Waals surface area contributed by atoms with Gasteiger partial charge in [0.15, 0.2) is 10.8 Å². The highest BCUT2D eigenvalue weighted by Gasteiger charge is 2.59. The van der Waals surface area contributed by atoms with Gasteiger partial charge >= 0.3 is 5.97 Å². The molecule has 1 saturated heterocycles. The molecular weight excluding hydrogens is 641 g/mol. The number of imidazole rings is 1. The van der Waals surface area contributed by atoms with Crippen LogP contribution in [0.2, 0.25) is 10.2 Å². The van der Waals surface area contributed by atoms with Crippen molar-refractivity contribution in [2.75, 3.05) is 38.6 Å². The molecule has 2 aromatic heterocycles. The third-order valence-electron chi connectivity index (χ3n) is 6.31. The minimum absolute atomic E-state index is 0.0543. The Balaban J connectivity index is 1.87. The van der Waals surface area contributed by atoms with Crippen molar-refractivity contribution in [3.8, 4) is 0 Å². The summed E-state index contributed by atoms with van der Waals surface area (Å²) >= 11 is 12.2. The summed E-state index contributed by atoms with van der Waals surface area (Å²) in [6.07, 6.45) is 0.172. The van der Waals surface area contributed by atoms with Crippen molar-refractivity contribution in [2.24, 2.45) is 5.92 Å². The summed E-state index contributed by atoms with van der Waals surface area (Å²) in [7, 11) is -6.98. The Bertz CT molecular complexity index is 1630. The maximum atomic E-state index is 12.7. The second-order valence-electron chi connectivity index (χ2n) is 9.50. The fourth-order valence-corrected chi connectivity index (χ4v) is 5.67. The Hall–Kier alpha value is -2.64. The van der Waals surface area contributed by atoms with Crippen LogP contribution in [-0.4, -0.2) is 86.9 Å². The van der Waals surface area contributed by atoms with E-state index in [0.29, 0.717) is 10.6 Å². The van der Waals surface area contributed by atoms with Crippen LogP contribution in [0.5, 0.6) is 0 Å². The van der Waals surface area contributed by atoms with Crippen molar-refractivity contribution in [2.45, 2.75) is 31.0 Å². The molecular formula is C23H27Cl2N5O10S2. The van der Waals surface area contributed by atoms with Crippen LogP contribution in [0.1, 0.15) is 18.2 Å². The number of carbonyl (C=O) groups is 1. The van der Waals surface area contributed by atoms with Crippen molar-refractivity contribution in [1.29, 1.82) is 0 Å². The van der Waals surface area contributed by atoms with Crippen molar-refractivity contribution in [3.05, 3.63) is 46.3 Å². The highest BCUT2D eigenvalue weighted by molar-refractivity contribution is 7.86. The van der Waals surface area contributed by atoms with Crippen LogP contribution in [0.4, 0.5) is 5.95 Å². The molecule has 3 aromatic rings. The molecule has 4 rings (SSSR count). The van der Waals surface area contributed by atoms with Gasteiger partial charge in [0.05, 0.1) is 45.1 Å². The zero-order valence-corrected chi connectivity index (χ0v) is 25.6. The number of nitrogens with zero attached hydrogens (tertiary/aromatic N) is 4. The summed E-state index contributed by atoms with van der Waals surface area (Å²) in [6.45, 7) is -1.57. The Morgan fingerprint density at radius 1 is 1.07 bits per heavy atom. The molecule has 2 N–H and O–H groups in total. The lowest BCUT2D eigenvalue weighted by Gasteiger charge is -2.34. The van der Waals surface area contributed by atoms with E-state index in [4.69, 9.17) is 51.5 Å². The van der Waals surface area contributed by atoms with Gasteiger partial charge in [-0.05, 0) is 17.7 Å². The van der Waals surface area contributed by atoms with E-state index in [9.17, 15) is 21.6 Å². The lowest BCUT2D eigenvalue weighted by Crippen LogP contribution is -2.51. The van der Waals surface area contributed by atoms with E-state index >= 15 is 0 Å². The smallest absolute Gasteiger partial charge is 0.306 e. The molecule has 1 aromatic carbocycles. The minimum Gasteiger partial charge on any atom is -0.469 e. The molecule has 0 radical (unpaired) electrons. The highest BCUT2D eigenvalue weighted by Crippen LogP contribution is 2.47. The number of benzene rings is 1. The number of anilines is 1. The summed E-state index contributed by atoms with van der Waals surface area (Å²) in [5, 5.41) is 0.428. The predicted molar refractivity (Wildman–Crippen MR) is 149 cm³/mol. The largest absolute Gasteiger partial charge is 0.469 e. The third-order valence-corrected chi connectivity index (χ3v) is 7.91. The van der Waals surface area contributed by atoms with E-state index in [2.05, 4.69) is 15.0 Å². The quantitative estimate of drug-likeness (QED) is 0.166. The van der Waals surface area contributed by atoms with E-state index in [1.807, 2.05) is 0 Å². The monoisotopic (exact) mass is 667 g/mol. The molecule has 0 aliphatic carbocycles. The maximum absolute atomic E-state index is 12.7. The molecule has 19 heteroatoms. The minimum atomic E-state index is -4.08. The van der Waals surface area contributed by atoms with Crippen LogP contribution >= 0.6 is 23.2 Å². The van der Waals surface area contributed by atoms with Gasteiger partial charge in [0.25, 0.3) is 20.2 Å². The Kier molecular flexibility index (Phi) is 9.63. The molecule has 3 atom stereocenters. The van der Waals surface area contributed by atoms with Crippen LogP contribution in [-0.2, 0) is 54.2 Å². The topological polar surface area (TPSA) is 201 Å². The Morgan fingerprint density at radius 3 is 2.26 bits per heavy atom. The van der Waals surface area contributed by atoms with Crippen LogP contribution in [0.3, 0.4) is 0 Å². The Labute approximate surface area is 251 Å². The van der Waals surface area contributed by atoms with E-state index in [0.717, 1.165) is 12.5 Å². The number of ether oxygens (including phenoxy) is 3. The molecule has 0 saturated carbocycles. The standard InChI is InChI=1S/C23H27Cl2N5O10S2/c1-36-16(31)8-15-18(37-9-13-4-6-14(24)7-5-13)23(10-38-41(2,32)33,11-39-42(3,34)35)40-21(15)30-12-27-17-19(25)28-22(26)29-20(17)30/h4-7,12,15,18,21H,8-11H2,1-3H3,(H2,26,28,29)/t15-,18+,21-/m1/s1. The number of aromatic nitrogens is 4. The first-order valence-corrected chi connectivity index (χ1v) is 16.4. The van der Waals surface area contributed by atoms with E-state index < -0.39 is 63.3 Å². The van der Waals surface area contributed by atoms with Gasteiger partial charge in [0.2, 0.25) is 5.95 Å². The van der Waals surface area contributed by atoms with E-state index in [-0.39, 0.29) is 35.3 Å². The summed E-state index contributed by atoms with van der Waals surface area (Å²) in [5.74, 6) is -1.82. The van der Waals surface area contributed by atoms with Crippen LogP contribution in [0.25, 0.3) is 11.2 Å². The number of nitrogens with two attached hydrogens (primary N) is 1. The van der Waals surface area contributed by atoms with E-state index in [1.54, 1.807) is 24.3 Å². The summed E-state index contributed by atoms with van der Waals surface area (Å²) in [4.78, 5) is 25.0. The number of esters is 1. The number of fused-ring (bicyclic) bond motifs is 1. The lowest BCUT2D eigenvalue weighted by atomic mass is 9.88. The van der Waals surface area contributed by atoms with Crippen LogP contribution in [0.15, 0.2) is 30.6 Å². The van der Waals surface area contributed by atoms with Gasteiger partial charge in [0.1, 0.15) is 30.6 Å². The fourth-order valence-electron chi connectivity index (χ4n) is 4.50. The maximum Gasteiger partial charge on any atom is 0.306 e. The molecule has 1 fully saturated rings. The molecule has 42 heavy (non-hydrogen) atoms. The number of halogens is 2. The fraction of sp³-hybridized carbons (Fsp3) is 0.478. The number of nitrogen functional groups attached to an aromatic ring is 1. The second kappa shape index (κ2) is 12.5. The van der Waals surface area contributed by atoms with Gasteiger partial charge in [-0.25, -0.2) is 4.98 Å². The second-order valence-corrected chi connectivity index (χ2v) is 13.6. The molecule has 0 bridgehead atoms. The Morgan fingerprint density at radius 2 is 1.69 bits per heavy atom. The first-order valence-electron chi connectivity index (χ1n) is 12.1. The first-order chi connectivity index (χ1) is 19.6. The number of carbonyl (C=O) groups excluding carboxylic acids is 1. The summed E-state index contributed by atoms with van der Waals surface area (Å²) in [6, 6.07) is 6.66. The van der Waals surface area contributed by atoms with Gasteiger partial charge in [0, 0.05) is 10.9 Å². The van der Waals surface area contributed by atoms with Crippen molar-refractivity contribution in [3.63, 3.8) is 0 Å². The summed E-state index contributed by atoms with van der Waals surface area (Å²) in [5.41, 5.74) is 4.82. The average molecular weight is 669 g/mol. The molecule has 3 heterocycles.